The zero-order chi connectivity index (χ0) is 16.7. The molecule has 6 heteroatoms. The van der Waals surface area contributed by atoms with Crippen molar-refractivity contribution in [1.82, 2.24) is 5.32 Å². The molecule has 2 aromatic rings. The third kappa shape index (κ3) is 5.19. The Hall–Kier alpha value is -2.18. The molecule has 0 saturated heterocycles. The maximum Gasteiger partial charge on any atom is 0.313 e. The van der Waals surface area contributed by atoms with E-state index in [1.807, 2.05) is 36.6 Å². The van der Waals surface area contributed by atoms with Crippen LogP contribution in [0, 0.1) is 0 Å². The van der Waals surface area contributed by atoms with E-state index in [0.717, 1.165) is 16.9 Å². The maximum atomic E-state index is 11.8. The number of benzene rings is 1. The number of hydrogen-bond acceptors (Lipinski definition) is 4. The normalized spacial score (nSPS) is 11.7. The van der Waals surface area contributed by atoms with E-state index in [0.29, 0.717) is 12.1 Å². The van der Waals surface area contributed by atoms with Crippen LogP contribution in [0.4, 0.5) is 5.69 Å². The lowest BCUT2D eigenvalue weighted by Crippen LogP contribution is -2.36. The van der Waals surface area contributed by atoms with E-state index >= 15 is 0 Å². The summed E-state index contributed by atoms with van der Waals surface area (Å²) in [6.45, 7) is 2.28. The van der Waals surface area contributed by atoms with E-state index < -0.39 is 17.9 Å². The second-order valence-corrected chi connectivity index (χ2v) is 6.06. The predicted molar refractivity (Wildman–Crippen MR) is 91.4 cm³/mol. The topological polar surface area (TPSA) is 78.4 Å². The number of aliphatic hydroxyl groups excluding tert-OH is 1. The van der Waals surface area contributed by atoms with Crippen LogP contribution in [0.3, 0.4) is 0 Å². The molecule has 1 aromatic heterocycles. The van der Waals surface area contributed by atoms with Gasteiger partial charge in [-0.25, -0.2) is 0 Å². The summed E-state index contributed by atoms with van der Waals surface area (Å²) in [6, 6.07) is 11.0. The van der Waals surface area contributed by atoms with Crippen molar-refractivity contribution in [2.45, 2.75) is 25.9 Å². The molecule has 0 aliphatic carbocycles. The number of nitrogens with one attached hydrogen (secondary N) is 2. The summed E-state index contributed by atoms with van der Waals surface area (Å²) in [5, 5.41) is 16.8. The number of aryl methyl sites for hydroxylation is 1. The minimum atomic E-state index is -0.708. The summed E-state index contributed by atoms with van der Waals surface area (Å²) in [4.78, 5) is 24.4. The Labute approximate surface area is 139 Å². The van der Waals surface area contributed by atoms with Crippen molar-refractivity contribution in [3.8, 4) is 0 Å². The van der Waals surface area contributed by atoms with Crippen LogP contribution >= 0.6 is 11.3 Å². The Kier molecular flexibility index (Phi) is 6.31. The molecule has 0 aliphatic heterocycles. The van der Waals surface area contributed by atoms with Gasteiger partial charge in [0.15, 0.2) is 0 Å². The van der Waals surface area contributed by atoms with E-state index in [-0.39, 0.29) is 6.54 Å². The van der Waals surface area contributed by atoms with Crippen molar-refractivity contribution in [3.63, 3.8) is 0 Å². The van der Waals surface area contributed by atoms with Gasteiger partial charge in [0, 0.05) is 17.1 Å². The van der Waals surface area contributed by atoms with Gasteiger partial charge in [0.2, 0.25) is 0 Å². The molecule has 2 amide bonds. The molecule has 23 heavy (non-hydrogen) atoms. The lowest BCUT2D eigenvalue weighted by Gasteiger charge is -2.10. The zero-order valence-electron chi connectivity index (χ0n) is 12.9. The highest BCUT2D eigenvalue weighted by atomic mass is 32.1. The average Bonchev–Trinajstić information content (AvgIpc) is 3.10. The Bertz CT molecular complexity index is 638. The van der Waals surface area contributed by atoms with Gasteiger partial charge >= 0.3 is 11.8 Å². The van der Waals surface area contributed by atoms with Crippen molar-refractivity contribution < 1.29 is 14.7 Å². The largest absolute Gasteiger partial charge is 0.388 e. The van der Waals surface area contributed by atoms with Crippen LogP contribution in [0.25, 0.3) is 0 Å². The van der Waals surface area contributed by atoms with Crippen molar-refractivity contribution in [2.75, 3.05) is 11.9 Å². The number of carbonyl (C=O) groups is 2. The van der Waals surface area contributed by atoms with Crippen LogP contribution in [-0.2, 0) is 16.0 Å². The van der Waals surface area contributed by atoms with Crippen LogP contribution < -0.4 is 10.6 Å². The molecule has 0 aliphatic rings. The number of anilines is 1. The molecular formula is C17H20N2O3S. The third-order valence-electron chi connectivity index (χ3n) is 3.40. The second-order valence-electron chi connectivity index (χ2n) is 5.08. The highest BCUT2D eigenvalue weighted by molar-refractivity contribution is 7.10. The van der Waals surface area contributed by atoms with Crippen molar-refractivity contribution >= 4 is 28.8 Å². The first-order valence-corrected chi connectivity index (χ1v) is 8.37. The van der Waals surface area contributed by atoms with Gasteiger partial charge in [-0.2, -0.15) is 0 Å². The van der Waals surface area contributed by atoms with E-state index in [2.05, 4.69) is 10.6 Å². The van der Waals surface area contributed by atoms with E-state index in [9.17, 15) is 14.7 Å². The number of aliphatic hydroxyl groups is 1. The van der Waals surface area contributed by atoms with Crippen molar-refractivity contribution in [3.05, 3.63) is 52.2 Å². The minimum Gasteiger partial charge on any atom is -0.388 e. The second kappa shape index (κ2) is 8.45. The number of hydrogen-bond donors (Lipinski definition) is 3. The van der Waals surface area contributed by atoms with Crippen LogP contribution in [0.1, 0.15) is 29.9 Å². The summed E-state index contributed by atoms with van der Waals surface area (Å²) in [6.07, 6.45) is 0.659. The van der Waals surface area contributed by atoms with Crippen LogP contribution in [0.5, 0.6) is 0 Å². The average molecular weight is 332 g/mol. The number of rotatable bonds is 6. The van der Waals surface area contributed by atoms with Gasteiger partial charge in [-0.05, 0) is 42.0 Å². The molecule has 0 fully saturated rings. The molecule has 122 valence electrons. The molecule has 0 saturated carbocycles. The quantitative estimate of drug-likeness (QED) is 0.711. The van der Waals surface area contributed by atoms with Gasteiger partial charge in [0.05, 0.1) is 6.10 Å². The first-order chi connectivity index (χ1) is 11.1. The molecule has 3 N–H and O–H groups in total. The van der Waals surface area contributed by atoms with Crippen LogP contribution in [0.15, 0.2) is 41.8 Å². The van der Waals surface area contributed by atoms with Gasteiger partial charge < -0.3 is 15.7 Å². The summed E-state index contributed by atoms with van der Waals surface area (Å²) >= 11 is 1.46. The SMILES string of the molecule is CCc1ccc(NC(=O)C(=O)NCCC(O)c2cccs2)cc1. The van der Waals surface area contributed by atoms with E-state index in [4.69, 9.17) is 0 Å². The van der Waals surface area contributed by atoms with Gasteiger partial charge in [-0.3, -0.25) is 9.59 Å². The first-order valence-electron chi connectivity index (χ1n) is 7.49. The monoisotopic (exact) mass is 332 g/mol. The lowest BCUT2D eigenvalue weighted by molar-refractivity contribution is -0.136. The lowest BCUT2D eigenvalue weighted by atomic mass is 10.1. The number of carbonyl (C=O) groups excluding carboxylic acids is 2. The first kappa shape index (κ1) is 17.2. The Balaban J connectivity index is 1.75. The predicted octanol–water partition coefficient (Wildman–Crippen LogP) is 2.49. The summed E-state index contributed by atoms with van der Waals surface area (Å²) in [7, 11) is 0. The highest BCUT2D eigenvalue weighted by Gasteiger charge is 2.14. The molecule has 0 bridgehead atoms. The summed E-state index contributed by atoms with van der Waals surface area (Å²) in [5.41, 5.74) is 1.75. The molecule has 1 atom stereocenters. The minimum absolute atomic E-state index is 0.236. The fourth-order valence-corrected chi connectivity index (χ4v) is 2.78. The number of amides is 2. The molecule has 0 radical (unpaired) electrons. The van der Waals surface area contributed by atoms with Gasteiger partial charge in [-0.15, -0.1) is 11.3 Å². The van der Waals surface area contributed by atoms with Crippen LogP contribution in [-0.4, -0.2) is 23.5 Å². The van der Waals surface area contributed by atoms with E-state index in [1.54, 1.807) is 12.1 Å². The smallest absolute Gasteiger partial charge is 0.313 e. The fourth-order valence-electron chi connectivity index (χ4n) is 2.04. The zero-order valence-corrected chi connectivity index (χ0v) is 13.7. The maximum absolute atomic E-state index is 11.8. The van der Waals surface area contributed by atoms with Gasteiger partial charge in [-0.1, -0.05) is 25.1 Å². The molecule has 5 nitrogen and oxygen atoms in total. The fraction of sp³-hybridized carbons (Fsp3) is 0.294. The molecule has 1 heterocycles. The van der Waals surface area contributed by atoms with Gasteiger partial charge in [0.1, 0.15) is 0 Å². The molecule has 0 spiro atoms. The standard InChI is InChI=1S/C17H20N2O3S/c1-2-12-5-7-13(8-6-12)19-17(22)16(21)18-10-9-14(20)15-4-3-11-23-15/h3-8,11,14,20H,2,9-10H2,1H3,(H,18,21)(H,19,22). The Morgan fingerprint density at radius 1 is 1.17 bits per heavy atom. The third-order valence-corrected chi connectivity index (χ3v) is 4.37. The Morgan fingerprint density at radius 2 is 1.91 bits per heavy atom. The Morgan fingerprint density at radius 3 is 2.52 bits per heavy atom. The van der Waals surface area contributed by atoms with Gasteiger partial charge in [0.25, 0.3) is 0 Å². The molecule has 2 rings (SSSR count). The van der Waals surface area contributed by atoms with E-state index in [1.165, 1.54) is 11.3 Å². The molecular weight excluding hydrogens is 312 g/mol. The highest BCUT2D eigenvalue weighted by Crippen LogP contribution is 2.20. The summed E-state index contributed by atoms with van der Waals surface area (Å²) < 4.78 is 0. The molecule has 1 aromatic carbocycles. The van der Waals surface area contributed by atoms with Crippen molar-refractivity contribution in [1.29, 1.82) is 0 Å². The van der Waals surface area contributed by atoms with Crippen molar-refractivity contribution in [2.24, 2.45) is 0 Å². The van der Waals surface area contributed by atoms with Crippen LogP contribution in [0.2, 0.25) is 0 Å². The summed E-state index contributed by atoms with van der Waals surface area (Å²) in [5.74, 6) is -1.41. The number of thiophene rings is 1. The molecule has 1 unspecified atom stereocenters.